The Hall–Kier alpha value is -1.69. The average molecular weight is 331 g/mol. The van der Waals surface area contributed by atoms with Crippen LogP contribution >= 0.6 is 15.9 Å². The van der Waals surface area contributed by atoms with Crippen molar-refractivity contribution in [3.63, 3.8) is 0 Å². The number of hydrogen-bond acceptors (Lipinski definition) is 2. The highest BCUT2D eigenvalue weighted by atomic mass is 79.9. The van der Waals surface area contributed by atoms with E-state index in [-0.39, 0.29) is 5.69 Å². The number of hydrogen-bond donors (Lipinski definition) is 2. The van der Waals surface area contributed by atoms with Crippen LogP contribution in [0.4, 0.5) is 30.2 Å². The first kappa shape index (κ1) is 13.7. The van der Waals surface area contributed by atoms with Crippen molar-refractivity contribution in [3.05, 3.63) is 51.8 Å². The van der Waals surface area contributed by atoms with Gasteiger partial charge in [0.05, 0.1) is 11.4 Å². The molecule has 0 fully saturated rings. The number of benzene rings is 2. The predicted octanol–water partition coefficient (Wildman–Crippen LogP) is 4.50. The van der Waals surface area contributed by atoms with Gasteiger partial charge in [-0.15, -0.1) is 0 Å². The molecule has 0 bridgehead atoms. The summed E-state index contributed by atoms with van der Waals surface area (Å²) in [5.74, 6) is -3.22. The SMILES string of the molecule is Cc1cc(Nc2cc(F)c(F)cc2F)c(Br)cc1N. The Bertz CT molecular complexity index is 589. The lowest BCUT2D eigenvalue weighted by Gasteiger charge is -2.12. The number of halogens is 4. The molecule has 2 rings (SSSR count). The van der Waals surface area contributed by atoms with Gasteiger partial charge in [0.1, 0.15) is 5.82 Å². The molecule has 2 nitrogen and oxygen atoms in total. The van der Waals surface area contributed by atoms with Crippen LogP contribution in [0.3, 0.4) is 0 Å². The number of nitrogen functional groups attached to an aromatic ring is 1. The highest BCUT2D eigenvalue weighted by Gasteiger charge is 2.11. The fourth-order valence-corrected chi connectivity index (χ4v) is 2.02. The fourth-order valence-electron chi connectivity index (χ4n) is 1.56. The van der Waals surface area contributed by atoms with Gasteiger partial charge in [-0.25, -0.2) is 13.2 Å². The Labute approximate surface area is 116 Å². The molecule has 0 saturated heterocycles. The summed E-state index contributed by atoms with van der Waals surface area (Å²) in [4.78, 5) is 0. The van der Waals surface area contributed by atoms with E-state index in [2.05, 4.69) is 21.2 Å². The highest BCUT2D eigenvalue weighted by molar-refractivity contribution is 9.10. The van der Waals surface area contributed by atoms with E-state index in [1.165, 1.54) is 0 Å². The minimum atomic E-state index is -1.23. The third-order valence-electron chi connectivity index (χ3n) is 2.64. The molecule has 0 aliphatic heterocycles. The third-order valence-corrected chi connectivity index (χ3v) is 3.29. The van der Waals surface area contributed by atoms with Gasteiger partial charge in [0.15, 0.2) is 11.6 Å². The lowest BCUT2D eigenvalue weighted by Crippen LogP contribution is -1.99. The maximum Gasteiger partial charge on any atom is 0.161 e. The van der Waals surface area contributed by atoms with Gasteiger partial charge in [-0.1, -0.05) is 0 Å². The Kier molecular flexibility index (Phi) is 3.71. The molecule has 0 heterocycles. The van der Waals surface area contributed by atoms with Crippen LogP contribution in [-0.4, -0.2) is 0 Å². The molecule has 0 atom stereocenters. The molecule has 3 N–H and O–H groups in total. The second-order valence-corrected chi connectivity index (χ2v) is 4.91. The van der Waals surface area contributed by atoms with Crippen molar-refractivity contribution in [2.75, 3.05) is 11.1 Å². The summed E-state index contributed by atoms with van der Waals surface area (Å²) >= 11 is 3.26. The number of rotatable bonds is 2. The molecule has 0 saturated carbocycles. The van der Waals surface area contributed by atoms with Crippen molar-refractivity contribution in [3.8, 4) is 0 Å². The molecule has 0 radical (unpaired) electrons. The summed E-state index contributed by atoms with van der Waals surface area (Å²) < 4.78 is 40.0. The minimum Gasteiger partial charge on any atom is -0.398 e. The van der Waals surface area contributed by atoms with E-state index in [4.69, 9.17) is 5.73 Å². The molecule has 0 amide bonds. The zero-order chi connectivity index (χ0) is 14.2. The maximum atomic E-state index is 13.5. The molecule has 0 aliphatic carbocycles. The van der Waals surface area contributed by atoms with E-state index in [0.29, 0.717) is 21.9 Å². The second-order valence-electron chi connectivity index (χ2n) is 4.06. The third kappa shape index (κ3) is 2.84. The molecule has 0 spiro atoms. The largest absolute Gasteiger partial charge is 0.398 e. The minimum absolute atomic E-state index is 0.149. The van der Waals surface area contributed by atoms with Crippen molar-refractivity contribution in [2.24, 2.45) is 0 Å². The van der Waals surface area contributed by atoms with E-state index < -0.39 is 17.5 Å². The van der Waals surface area contributed by atoms with Crippen LogP contribution in [0.2, 0.25) is 0 Å². The van der Waals surface area contributed by atoms with Gasteiger partial charge in [0, 0.05) is 22.3 Å². The predicted molar refractivity (Wildman–Crippen MR) is 72.9 cm³/mol. The first-order chi connectivity index (χ1) is 8.88. The summed E-state index contributed by atoms with van der Waals surface area (Å²) in [6.45, 7) is 1.79. The lowest BCUT2D eigenvalue weighted by atomic mass is 10.1. The fraction of sp³-hybridized carbons (Fsp3) is 0.0769. The van der Waals surface area contributed by atoms with E-state index in [0.717, 1.165) is 11.6 Å². The Morgan fingerprint density at radius 3 is 2.26 bits per heavy atom. The standard InChI is InChI=1S/C13H10BrF3N2/c1-6-2-12(7(14)3-11(6)18)19-13-5-9(16)8(15)4-10(13)17/h2-5,19H,18H2,1H3. The van der Waals surface area contributed by atoms with E-state index in [1.54, 1.807) is 19.1 Å². The molecule has 2 aromatic rings. The summed E-state index contributed by atoms with van der Waals surface area (Å²) in [6.07, 6.45) is 0. The van der Waals surface area contributed by atoms with Crippen LogP contribution in [0.5, 0.6) is 0 Å². The zero-order valence-electron chi connectivity index (χ0n) is 9.90. The topological polar surface area (TPSA) is 38.0 Å². The van der Waals surface area contributed by atoms with Crippen molar-refractivity contribution >= 4 is 33.0 Å². The second kappa shape index (κ2) is 5.13. The zero-order valence-corrected chi connectivity index (χ0v) is 11.5. The molecular formula is C13H10BrF3N2. The van der Waals surface area contributed by atoms with Gasteiger partial charge < -0.3 is 11.1 Å². The lowest BCUT2D eigenvalue weighted by molar-refractivity contribution is 0.496. The van der Waals surface area contributed by atoms with Crippen LogP contribution in [0.1, 0.15) is 5.56 Å². The van der Waals surface area contributed by atoms with Gasteiger partial charge in [-0.05, 0) is 40.5 Å². The van der Waals surface area contributed by atoms with Gasteiger partial charge >= 0.3 is 0 Å². The average Bonchev–Trinajstić information content (AvgIpc) is 2.32. The van der Waals surface area contributed by atoms with Crippen LogP contribution in [0.25, 0.3) is 0 Å². The van der Waals surface area contributed by atoms with Crippen molar-refractivity contribution in [1.82, 2.24) is 0 Å². The molecule has 0 aromatic heterocycles. The normalized spacial score (nSPS) is 10.6. The molecule has 6 heteroatoms. The van der Waals surface area contributed by atoms with Crippen LogP contribution < -0.4 is 11.1 Å². The first-order valence-electron chi connectivity index (χ1n) is 5.35. The van der Waals surface area contributed by atoms with Crippen molar-refractivity contribution in [1.29, 1.82) is 0 Å². The monoisotopic (exact) mass is 330 g/mol. The van der Waals surface area contributed by atoms with E-state index in [9.17, 15) is 13.2 Å². The Morgan fingerprint density at radius 1 is 0.947 bits per heavy atom. The van der Waals surface area contributed by atoms with Crippen molar-refractivity contribution < 1.29 is 13.2 Å². The summed E-state index contributed by atoms with van der Waals surface area (Å²) in [5.41, 5.74) is 7.44. The van der Waals surface area contributed by atoms with E-state index >= 15 is 0 Å². The molecular weight excluding hydrogens is 321 g/mol. The van der Waals surface area contributed by atoms with Crippen LogP contribution in [-0.2, 0) is 0 Å². The Balaban J connectivity index is 2.42. The molecule has 19 heavy (non-hydrogen) atoms. The van der Waals surface area contributed by atoms with Gasteiger partial charge in [0.2, 0.25) is 0 Å². The van der Waals surface area contributed by atoms with Gasteiger partial charge in [-0.2, -0.15) is 0 Å². The van der Waals surface area contributed by atoms with Crippen molar-refractivity contribution in [2.45, 2.75) is 6.92 Å². The van der Waals surface area contributed by atoms with E-state index in [1.807, 2.05) is 0 Å². The molecule has 100 valence electrons. The molecule has 0 unspecified atom stereocenters. The molecule has 0 aliphatic rings. The number of anilines is 3. The van der Waals surface area contributed by atoms with Gasteiger partial charge in [-0.3, -0.25) is 0 Å². The number of aryl methyl sites for hydroxylation is 1. The number of nitrogens with one attached hydrogen (secondary N) is 1. The smallest absolute Gasteiger partial charge is 0.161 e. The summed E-state index contributed by atoms with van der Waals surface area (Å²) in [5, 5.41) is 2.69. The van der Waals surface area contributed by atoms with Gasteiger partial charge in [0.25, 0.3) is 0 Å². The van der Waals surface area contributed by atoms with Crippen LogP contribution in [0, 0.1) is 24.4 Å². The summed E-state index contributed by atoms with van der Waals surface area (Å²) in [6, 6.07) is 4.59. The first-order valence-corrected chi connectivity index (χ1v) is 6.15. The quantitative estimate of drug-likeness (QED) is 0.628. The number of nitrogens with two attached hydrogens (primary N) is 1. The maximum absolute atomic E-state index is 13.5. The highest BCUT2D eigenvalue weighted by Crippen LogP contribution is 2.31. The summed E-state index contributed by atoms with van der Waals surface area (Å²) in [7, 11) is 0. The Morgan fingerprint density at radius 2 is 1.58 bits per heavy atom. The van der Waals surface area contributed by atoms with Crippen LogP contribution in [0.15, 0.2) is 28.7 Å². The molecule has 2 aromatic carbocycles.